The lowest BCUT2D eigenvalue weighted by Gasteiger charge is -2.36. The van der Waals surface area contributed by atoms with E-state index in [2.05, 4.69) is 14.6 Å². The molecule has 1 amide bonds. The predicted molar refractivity (Wildman–Crippen MR) is 106 cm³/mol. The number of aromatic nitrogens is 1. The molecule has 11 heteroatoms. The lowest BCUT2D eigenvalue weighted by molar-refractivity contribution is -0.189. The summed E-state index contributed by atoms with van der Waals surface area (Å²) in [7, 11) is 0. The van der Waals surface area contributed by atoms with E-state index in [9.17, 15) is 22.8 Å². The molecule has 0 spiro atoms. The number of benzene rings is 1. The van der Waals surface area contributed by atoms with Gasteiger partial charge >= 0.3 is 12.1 Å². The Morgan fingerprint density at radius 3 is 2.68 bits per heavy atom. The van der Waals surface area contributed by atoms with Gasteiger partial charge in [0.2, 0.25) is 5.91 Å². The van der Waals surface area contributed by atoms with E-state index in [0.29, 0.717) is 30.7 Å². The number of hydrogen-bond donors (Lipinski definition) is 1. The third kappa shape index (κ3) is 4.58. The molecule has 1 aromatic carbocycles. The zero-order valence-electron chi connectivity index (χ0n) is 16.4. The second-order valence-electron chi connectivity index (χ2n) is 7.36. The summed E-state index contributed by atoms with van der Waals surface area (Å²) in [5.41, 5.74) is 6.24. The smallest absolute Gasteiger partial charge is 0.419 e. The van der Waals surface area contributed by atoms with Gasteiger partial charge in [-0.05, 0) is 31.4 Å². The number of thiazole rings is 1. The molecular formula is C20H20F3N3O4S. The number of rotatable bonds is 4. The number of nitrogens with zero attached hydrogens (tertiary/aromatic N) is 2. The maximum atomic E-state index is 12.7. The molecule has 2 N–H and O–H groups in total. The number of primary amides is 1. The minimum Gasteiger partial charge on any atom is -0.419 e. The van der Waals surface area contributed by atoms with Gasteiger partial charge in [-0.2, -0.15) is 13.2 Å². The first-order valence-corrected chi connectivity index (χ1v) is 10.6. The molecule has 166 valence electrons. The van der Waals surface area contributed by atoms with Gasteiger partial charge in [0.1, 0.15) is 10.8 Å². The van der Waals surface area contributed by atoms with Crippen LogP contribution in [-0.2, 0) is 22.4 Å². The van der Waals surface area contributed by atoms with Crippen LogP contribution in [0.3, 0.4) is 0 Å². The monoisotopic (exact) mass is 455 g/mol. The number of fused-ring (bicyclic) bond motifs is 1. The Balaban J connectivity index is 1.67. The van der Waals surface area contributed by atoms with Gasteiger partial charge in [-0.1, -0.05) is 6.07 Å². The van der Waals surface area contributed by atoms with Crippen LogP contribution in [-0.4, -0.2) is 60.3 Å². The fraction of sp³-hybridized carbons (Fsp3) is 0.450. The minimum atomic E-state index is -5.17. The molecule has 4 rings (SSSR count). The second-order valence-corrected chi connectivity index (χ2v) is 8.45. The number of ether oxygens (including phenoxy) is 2. The standard InChI is InChI=1S/C20H20F3N3O4S/c21-20(22,23)19(28)30-14-3-1-2-12(17(24)27)16(14)18-25-13-5-4-11(10-15(13)31-18)26-6-8-29-9-7-26/h1-3,11H,4-10H2,(H2,24,27)/t11-/m0/s1. The molecule has 1 aliphatic heterocycles. The Labute approximate surface area is 179 Å². The lowest BCUT2D eigenvalue weighted by Crippen LogP contribution is -2.45. The molecule has 0 radical (unpaired) electrons. The third-order valence-corrected chi connectivity index (χ3v) is 6.55. The number of morpholine rings is 1. The largest absolute Gasteiger partial charge is 0.491 e. The molecule has 1 aliphatic carbocycles. The van der Waals surface area contributed by atoms with E-state index in [1.165, 1.54) is 29.5 Å². The molecule has 0 saturated carbocycles. The Bertz CT molecular complexity index is 1000. The van der Waals surface area contributed by atoms with Gasteiger partial charge in [-0.15, -0.1) is 11.3 Å². The maximum Gasteiger partial charge on any atom is 0.491 e. The number of amides is 1. The Morgan fingerprint density at radius 2 is 2.00 bits per heavy atom. The van der Waals surface area contributed by atoms with Crippen molar-refractivity contribution in [2.45, 2.75) is 31.5 Å². The molecule has 0 bridgehead atoms. The molecule has 31 heavy (non-hydrogen) atoms. The number of carbonyl (C=O) groups is 2. The van der Waals surface area contributed by atoms with Crippen molar-refractivity contribution >= 4 is 23.2 Å². The fourth-order valence-corrected chi connectivity index (χ4v) is 5.16. The summed E-state index contributed by atoms with van der Waals surface area (Å²) >= 11 is 1.29. The third-order valence-electron chi connectivity index (χ3n) is 5.42. The fourth-order valence-electron chi connectivity index (χ4n) is 3.92. The van der Waals surface area contributed by atoms with Crippen LogP contribution in [0.4, 0.5) is 13.2 Å². The van der Waals surface area contributed by atoms with Gasteiger partial charge in [0.15, 0.2) is 0 Å². The van der Waals surface area contributed by atoms with Crippen LogP contribution in [0, 0.1) is 0 Å². The van der Waals surface area contributed by atoms with Crippen LogP contribution < -0.4 is 10.5 Å². The highest BCUT2D eigenvalue weighted by atomic mass is 32.1. The van der Waals surface area contributed by atoms with Crippen LogP contribution >= 0.6 is 11.3 Å². The van der Waals surface area contributed by atoms with Gasteiger partial charge < -0.3 is 15.2 Å². The normalized spacial score (nSPS) is 19.6. The zero-order chi connectivity index (χ0) is 22.2. The van der Waals surface area contributed by atoms with Crippen molar-refractivity contribution in [2.75, 3.05) is 26.3 Å². The molecule has 0 unspecified atom stereocenters. The summed E-state index contributed by atoms with van der Waals surface area (Å²) in [5.74, 6) is -3.61. The van der Waals surface area contributed by atoms with Crippen LogP contribution in [0.25, 0.3) is 10.6 Å². The van der Waals surface area contributed by atoms with E-state index in [1.807, 2.05) is 0 Å². The van der Waals surface area contributed by atoms with Gasteiger partial charge in [0.05, 0.1) is 30.0 Å². The summed E-state index contributed by atoms with van der Waals surface area (Å²) in [4.78, 5) is 31.3. The van der Waals surface area contributed by atoms with Crippen molar-refractivity contribution in [3.63, 3.8) is 0 Å². The molecule has 1 saturated heterocycles. The summed E-state index contributed by atoms with van der Waals surface area (Å²) < 4.78 is 48.2. The number of aryl methyl sites for hydroxylation is 1. The van der Waals surface area contributed by atoms with Crippen LogP contribution in [0.2, 0.25) is 0 Å². The van der Waals surface area contributed by atoms with Crippen LogP contribution in [0.1, 0.15) is 27.3 Å². The van der Waals surface area contributed by atoms with Gasteiger partial charge in [-0.25, -0.2) is 9.78 Å². The van der Waals surface area contributed by atoms with Crippen molar-refractivity contribution < 1.29 is 32.2 Å². The molecule has 2 aliphatic rings. The predicted octanol–water partition coefficient (Wildman–Crippen LogP) is 2.57. The Morgan fingerprint density at radius 1 is 1.26 bits per heavy atom. The highest BCUT2D eigenvalue weighted by Gasteiger charge is 2.42. The number of nitrogens with two attached hydrogens (primary N) is 1. The van der Waals surface area contributed by atoms with Crippen molar-refractivity contribution in [3.05, 3.63) is 34.3 Å². The van der Waals surface area contributed by atoms with Crippen LogP contribution in [0.15, 0.2) is 18.2 Å². The van der Waals surface area contributed by atoms with Crippen molar-refractivity contribution in [1.29, 1.82) is 0 Å². The van der Waals surface area contributed by atoms with Gasteiger partial charge in [-0.3, -0.25) is 9.69 Å². The summed E-state index contributed by atoms with van der Waals surface area (Å²) in [6.07, 6.45) is -2.80. The Hall–Kier alpha value is -2.50. The highest BCUT2D eigenvalue weighted by Crippen LogP contribution is 2.40. The number of halogens is 3. The molecule has 2 heterocycles. The van der Waals surface area contributed by atoms with E-state index >= 15 is 0 Å². The summed E-state index contributed by atoms with van der Waals surface area (Å²) in [6, 6.07) is 4.21. The number of esters is 1. The van der Waals surface area contributed by atoms with E-state index in [-0.39, 0.29) is 11.1 Å². The minimum absolute atomic E-state index is 0.00919. The first-order valence-electron chi connectivity index (χ1n) is 9.76. The first-order chi connectivity index (χ1) is 14.7. The number of hydrogen-bond acceptors (Lipinski definition) is 7. The molecular weight excluding hydrogens is 435 g/mol. The molecule has 1 fully saturated rings. The Kier molecular flexibility index (Phi) is 6.00. The average molecular weight is 455 g/mol. The van der Waals surface area contributed by atoms with Crippen molar-refractivity contribution in [2.24, 2.45) is 5.73 Å². The molecule has 2 aromatic rings. The zero-order valence-corrected chi connectivity index (χ0v) is 17.2. The average Bonchev–Trinajstić information content (AvgIpc) is 3.16. The van der Waals surface area contributed by atoms with Gasteiger partial charge in [0.25, 0.3) is 0 Å². The lowest BCUT2D eigenvalue weighted by atomic mass is 9.96. The number of alkyl halides is 3. The summed E-state index contributed by atoms with van der Waals surface area (Å²) in [6.45, 7) is 3.09. The first kappa shape index (κ1) is 21.7. The highest BCUT2D eigenvalue weighted by molar-refractivity contribution is 7.15. The van der Waals surface area contributed by atoms with Crippen LogP contribution in [0.5, 0.6) is 5.75 Å². The maximum absolute atomic E-state index is 12.7. The second kappa shape index (κ2) is 8.56. The van der Waals surface area contributed by atoms with E-state index in [4.69, 9.17) is 10.5 Å². The van der Waals surface area contributed by atoms with E-state index in [0.717, 1.165) is 36.5 Å². The number of carbonyl (C=O) groups excluding carboxylic acids is 2. The van der Waals surface area contributed by atoms with E-state index in [1.54, 1.807) is 0 Å². The van der Waals surface area contributed by atoms with Crippen molar-refractivity contribution in [1.82, 2.24) is 9.88 Å². The molecule has 1 aromatic heterocycles. The molecule has 1 atom stereocenters. The quantitative estimate of drug-likeness (QED) is 0.563. The summed E-state index contributed by atoms with van der Waals surface area (Å²) in [5, 5.41) is 0.312. The van der Waals surface area contributed by atoms with E-state index < -0.39 is 23.8 Å². The van der Waals surface area contributed by atoms with Crippen molar-refractivity contribution in [3.8, 4) is 16.3 Å². The van der Waals surface area contributed by atoms with Gasteiger partial charge in [0, 0.05) is 24.0 Å². The SMILES string of the molecule is NC(=O)c1cccc(OC(=O)C(F)(F)F)c1-c1nc2c(s1)C[C@@H](N1CCOCC1)CC2. The molecule has 7 nitrogen and oxygen atoms in total. The topological polar surface area (TPSA) is 94.8 Å².